The summed E-state index contributed by atoms with van der Waals surface area (Å²) in [6, 6.07) is 5.80. The highest BCUT2D eigenvalue weighted by Gasteiger charge is 2.49. The van der Waals surface area contributed by atoms with Gasteiger partial charge in [-0.05, 0) is 44.2 Å². The van der Waals surface area contributed by atoms with E-state index in [1.165, 1.54) is 7.11 Å². The zero-order valence-electron chi connectivity index (χ0n) is 22.1. The third-order valence-electron chi connectivity index (χ3n) is 7.45. The molecule has 0 aromatic heterocycles. The standard InChI is InChI=1S/C27H40ClNO8S/c1-4-7-16-10-11-17(14-16)25(33)29-20(15(2)35-3)24-22(31)21(30)23(32)27(37-24)38-13-12-36-26(34)18-8-5-6-9-19(18)28/h5-6,8-9,15-17,20-24,27,30-32H,4,7,10-14H2,1-3H3,(H,29,33)/t15-,16+,17+,20-,21+,22-,23-,24-,27-/m1/s1. The van der Waals surface area contributed by atoms with Crippen LogP contribution < -0.4 is 5.32 Å². The highest BCUT2D eigenvalue weighted by molar-refractivity contribution is 7.99. The molecular formula is C27H40ClNO8S. The molecular weight excluding hydrogens is 534 g/mol. The zero-order chi connectivity index (χ0) is 27.8. The van der Waals surface area contributed by atoms with Crippen LogP contribution in [0.5, 0.6) is 0 Å². The molecule has 1 aliphatic heterocycles. The largest absolute Gasteiger partial charge is 0.461 e. The molecule has 1 aromatic carbocycles. The van der Waals surface area contributed by atoms with Crippen LogP contribution in [0.3, 0.4) is 0 Å². The fourth-order valence-corrected chi connectivity index (χ4v) is 6.38. The monoisotopic (exact) mass is 573 g/mol. The molecule has 9 nitrogen and oxygen atoms in total. The van der Waals surface area contributed by atoms with E-state index in [2.05, 4.69) is 12.2 Å². The number of benzene rings is 1. The average molecular weight is 574 g/mol. The maximum atomic E-state index is 13.1. The number of halogens is 1. The van der Waals surface area contributed by atoms with Gasteiger partial charge in [-0.15, -0.1) is 11.8 Å². The summed E-state index contributed by atoms with van der Waals surface area (Å²) in [5.41, 5.74) is -0.677. The van der Waals surface area contributed by atoms with E-state index in [4.69, 9.17) is 25.8 Å². The van der Waals surface area contributed by atoms with Crippen molar-refractivity contribution >= 4 is 35.2 Å². The molecule has 0 spiro atoms. The van der Waals surface area contributed by atoms with Gasteiger partial charge in [-0.1, -0.05) is 43.5 Å². The van der Waals surface area contributed by atoms with Gasteiger partial charge in [0.15, 0.2) is 0 Å². The van der Waals surface area contributed by atoms with Crippen molar-refractivity contribution in [3.63, 3.8) is 0 Å². The molecule has 1 aliphatic carbocycles. The maximum Gasteiger partial charge on any atom is 0.339 e. The molecule has 11 heteroatoms. The number of nitrogens with one attached hydrogen (secondary N) is 1. The third kappa shape index (κ3) is 7.84. The van der Waals surface area contributed by atoms with Crippen molar-refractivity contribution in [2.24, 2.45) is 11.8 Å². The van der Waals surface area contributed by atoms with Crippen LogP contribution in [0, 0.1) is 11.8 Å². The highest BCUT2D eigenvalue weighted by atomic mass is 35.5. The number of thioether (sulfide) groups is 1. The van der Waals surface area contributed by atoms with Gasteiger partial charge in [-0.25, -0.2) is 4.79 Å². The molecule has 0 unspecified atom stereocenters. The molecule has 1 aromatic rings. The van der Waals surface area contributed by atoms with Gasteiger partial charge in [-0.3, -0.25) is 4.79 Å². The molecule has 1 amide bonds. The van der Waals surface area contributed by atoms with Gasteiger partial charge in [0.1, 0.15) is 36.5 Å². The predicted molar refractivity (Wildman–Crippen MR) is 145 cm³/mol. The number of aliphatic hydroxyl groups is 3. The first-order valence-corrected chi connectivity index (χ1v) is 14.7. The quantitative estimate of drug-likeness (QED) is 0.220. The predicted octanol–water partition coefficient (Wildman–Crippen LogP) is 2.77. The van der Waals surface area contributed by atoms with Crippen LogP contribution in [-0.2, 0) is 19.0 Å². The molecule has 1 saturated carbocycles. The average Bonchev–Trinajstić information content (AvgIpc) is 3.38. The maximum absolute atomic E-state index is 13.1. The van der Waals surface area contributed by atoms with E-state index in [0.29, 0.717) is 5.92 Å². The Kier molecular flexibility index (Phi) is 12.2. The molecule has 38 heavy (non-hydrogen) atoms. The number of esters is 1. The smallest absolute Gasteiger partial charge is 0.339 e. The molecule has 2 fully saturated rings. The van der Waals surface area contributed by atoms with Gasteiger partial charge in [0, 0.05) is 18.8 Å². The molecule has 2 aliphatic rings. The number of aliphatic hydroxyl groups excluding tert-OH is 3. The topological polar surface area (TPSA) is 135 Å². The van der Waals surface area contributed by atoms with Gasteiger partial charge in [0.2, 0.25) is 5.91 Å². The summed E-state index contributed by atoms with van der Waals surface area (Å²) in [4.78, 5) is 25.4. The second-order valence-corrected chi connectivity index (χ2v) is 11.7. The van der Waals surface area contributed by atoms with E-state index >= 15 is 0 Å². The van der Waals surface area contributed by atoms with Crippen LogP contribution >= 0.6 is 23.4 Å². The number of amides is 1. The van der Waals surface area contributed by atoms with Gasteiger partial charge in [0.25, 0.3) is 0 Å². The molecule has 214 valence electrons. The Morgan fingerprint density at radius 2 is 1.92 bits per heavy atom. The SMILES string of the molecule is CCC[C@H]1CC[C@H](C(=O)N[C@@H]([C@H]2O[C@H](SCCOC(=O)c3ccccc3Cl)[C@H](O)[C@@H](O)[C@H]2O)[C@@H](C)OC)C1. The Labute approximate surface area is 233 Å². The lowest BCUT2D eigenvalue weighted by Gasteiger charge is -2.44. The lowest BCUT2D eigenvalue weighted by Crippen LogP contribution is -2.65. The van der Waals surface area contributed by atoms with Crippen molar-refractivity contribution in [1.29, 1.82) is 0 Å². The van der Waals surface area contributed by atoms with E-state index in [1.54, 1.807) is 31.2 Å². The number of carbonyl (C=O) groups excluding carboxylic acids is 2. The normalized spacial score (nSPS) is 31.0. The summed E-state index contributed by atoms with van der Waals surface area (Å²) >= 11 is 7.17. The summed E-state index contributed by atoms with van der Waals surface area (Å²) in [6.45, 7) is 3.91. The minimum atomic E-state index is -1.50. The number of rotatable bonds is 12. The van der Waals surface area contributed by atoms with Crippen molar-refractivity contribution in [2.45, 2.75) is 87.9 Å². The van der Waals surface area contributed by atoms with E-state index in [0.717, 1.165) is 43.9 Å². The van der Waals surface area contributed by atoms with Gasteiger partial charge < -0.3 is 34.8 Å². The second-order valence-electron chi connectivity index (χ2n) is 10.1. The van der Waals surface area contributed by atoms with Crippen molar-refractivity contribution < 1.29 is 39.1 Å². The Morgan fingerprint density at radius 1 is 1.18 bits per heavy atom. The lowest BCUT2D eigenvalue weighted by atomic mass is 9.91. The number of ether oxygens (including phenoxy) is 3. The van der Waals surface area contributed by atoms with E-state index in [1.807, 2.05) is 0 Å². The number of hydrogen-bond donors (Lipinski definition) is 4. The third-order valence-corrected chi connectivity index (χ3v) is 8.90. The summed E-state index contributed by atoms with van der Waals surface area (Å²) in [5, 5.41) is 35.3. The van der Waals surface area contributed by atoms with Gasteiger partial charge in [0.05, 0.1) is 22.7 Å². The highest BCUT2D eigenvalue weighted by Crippen LogP contribution is 2.35. The van der Waals surface area contributed by atoms with Crippen LogP contribution in [0.2, 0.25) is 5.02 Å². The summed E-state index contributed by atoms with van der Waals surface area (Å²) in [6.07, 6.45) is -1.04. The van der Waals surface area contributed by atoms with Crippen LogP contribution in [-0.4, -0.2) is 88.7 Å². The van der Waals surface area contributed by atoms with Gasteiger partial charge in [-0.2, -0.15) is 0 Å². The molecule has 0 bridgehead atoms. The number of carbonyl (C=O) groups is 2. The minimum Gasteiger partial charge on any atom is -0.461 e. The van der Waals surface area contributed by atoms with Crippen LogP contribution in [0.4, 0.5) is 0 Å². The fraction of sp³-hybridized carbons (Fsp3) is 0.704. The van der Waals surface area contributed by atoms with Crippen molar-refractivity contribution in [2.75, 3.05) is 19.5 Å². The zero-order valence-corrected chi connectivity index (χ0v) is 23.7. The lowest BCUT2D eigenvalue weighted by molar-refractivity contribution is -0.212. The minimum absolute atomic E-state index is 0.0138. The molecule has 1 saturated heterocycles. The molecule has 4 N–H and O–H groups in total. The van der Waals surface area contributed by atoms with E-state index < -0.39 is 48.0 Å². The van der Waals surface area contributed by atoms with Crippen molar-refractivity contribution in [3.8, 4) is 0 Å². The van der Waals surface area contributed by atoms with Crippen LogP contribution in [0.15, 0.2) is 24.3 Å². The van der Waals surface area contributed by atoms with E-state index in [-0.39, 0.29) is 34.8 Å². The molecule has 3 rings (SSSR count). The van der Waals surface area contributed by atoms with Crippen LogP contribution in [0.1, 0.15) is 56.3 Å². The number of hydrogen-bond acceptors (Lipinski definition) is 9. The van der Waals surface area contributed by atoms with Crippen molar-refractivity contribution in [3.05, 3.63) is 34.9 Å². The van der Waals surface area contributed by atoms with Crippen LogP contribution in [0.25, 0.3) is 0 Å². The summed E-state index contributed by atoms with van der Waals surface area (Å²) in [7, 11) is 1.50. The molecule has 1 heterocycles. The molecule has 0 radical (unpaired) electrons. The summed E-state index contributed by atoms with van der Waals surface area (Å²) in [5.74, 6) is -0.0164. The Morgan fingerprint density at radius 3 is 2.61 bits per heavy atom. The first kappa shape index (κ1) is 31.1. The Bertz CT molecular complexity index is 923. The van der Waals surface area contributed by atoms with Crippen molar-refractivity contribution in [1.82, 2.24) is 5.32 Å². The Hall–Kier alpha value is -1.40. The van der Waals surface area contributed by atoms with E-state index in [9.17, 15) is 24.9 Å². The summed E-state index contributed by atoms with van der Waals surface area (Å²) < 4.78 is 16.8. The first-order valence-electron chi connectivity index (χ1n) is 13.2. The molecule has 9 atom stereocenters. The fourth-order valence-electron chi connectivity index (χ4n) is 5.19. The second kappa shape index (κ2) is 14.8. The van der Waals surface area contributed by atoms with Gasteiger partial charge >= 0.3 is 5.97 Å². The Balaban J connectivity index is 1.60. The first-order chi connectivity index (χ1) is 18.2. The number of methoxy groups -OCH3 is 1.